The molecular weight excluding hydrogens is 424 g/mol. The number of hydrogen-bond acceptors (Lipinski definition) is 8. The Morgan fingerprint density at radius 1 is 1.00 bits per heavy atom. The lowest BCUT2D eigenvalue weighted by molar-refractivity contribution is -0.121. The van der Waals surface area contributed by atoms with E-state index in [-0.39, 0.29) is 52.6 Å². The molecule has 1 aromatic heterocycles. The third-order valence-corrected chi connectivity index (χ3v) is 5.76. The van der Waals surface area contributed by atoms with E-state index in [0.29, 0.717) is 5.69 Å². The molecule has 0 atom stereocenters. The first-order valence-corrected chi connectivity index (χ1v) is 11.0. The first kappa shape index (κ1) is 20.4. The maximum absolute atomic E-state index is 12.5. The average Bonchev–Trinajstić information content (AvgIpc) is 3.33. The summed E-state index contributed by atoms with van der Waals surface area (Å²) in [6, 6.07) is 11.8. The van der Waals surface area contributed by atoms with Gasteiger partial charge in [0.05, 0.1) is 16.1 Å². The van der Waals surface area contributed by atoms with E-state index in [1.807, 2.05) is 0 Å². The lowest BCUT2D eigenvalue weighted by atomic mass is 10.2. The highest BCUT2D eigenvalue weighted by atomic mass is 32.2. The fourth-order valence-electron chi connectivity index (χ4n) is 3.14. The van der Waals surface area contributed by atoms with Crippen LogP contribution in [0.2, 0.25) is 0 Å². The van der Waals surface area contributed by atoms with E-state index in [0.717, 1.165) is 11.2 Å². The fraction of sp³-hybridized carbons (Fsp3) is 0.150. The zero-order chi connectivity index (χ0) is 22.2. The Balaban J connectivity index is 1.52. The van der Waals surface area contributed by atoms with Crippen molar-refractivity contribution in [1.82, 2.24) is 10.2 Å². The molecule has 1 aliphatic heterocycles. The molecule has 31 heavy (non-hydrogen) atoms. The molecule has 1 saturated heterocycles. The Morgan fingerprint density at radius 3 is 2.29 bits per heavy atom. The van der Waals surface area contributed by atoms with Crippen molar-refractivity contribution in [2.45, 2.75) is 17.7 Å². The molecule has 4 rings (SSSR count). The van der Waals surface area contributed by atoms with Crippen molar-refractivity contribution in [1.29, 1.82) is 0 Å². The van der Waals surface area contributed by atoms with E-state index in [1.54, 1.807) is 12.1 Å². The fourth-order valence-corrected chi connectivity index (χ4v) is 4.03. The molecule has 0 bridgehead atoms. The van der Waals surface area contributed by atoms with E-state index in [2.05, 4.69) is 15.5 Å². The number of rotatable bonds is 5. The normalized spacial score (nSPS) is 14.2. The number of nitrogens with zero attached hydrogens (tertiary/aromatic N) is 3. The van der Waals surface area contributed by atoms with Crippen LogP contribution in [0.4, 0.5) is 11.7 Å². The molecule has 3 aromatic rings. The standard InChI is InChI=1S/C20H16N4O6S/c1-31(28,29)15-5-3-2-4-14(15)19-22-23-20(30-19)21-18(27)12-6-8-13(9-7-12)24-16(25)10-11-17(24)26/h2-9H,10-11H2,1H3,(H,21,23,27). The van der Waals surface area contributed by atoms with Gasteiger partial charge in [0.15, 0.2) is 9.84 Å². The van der Waals surface area contributed by atoms with Crippen LogP contribution >= 0.6 is 0 Å². The number of nitrogens with one attached hydrogen (secondary N) is 1. The number of imide groups is 1. The molecule has 11 heteroatoms. The molecule has 10 nitrogen and oxygen atoms in total. The van der Waals surface area contributed by atoms with Gasteiger partial charge >= 0.3 is 6.01 Å². The monoisotopic (exact) mass is 440 g/mol. The van der Waals surface area contributed by atoms with Crippen LogP contribution in [0.25, 0.3) is 11.5 Å². The molecule has 0 saturated carbocycles. The molecule has 2 aromatic carbocycles. The molecule has 0 unspecified atom stereocenters. The van der Waals surface area contributed by atoms with Gasteiger partial charge in [0.25, 0.3) is 11.8 Å². The van der Waals surface area contributed by atoms with Crippen LogP contribution in [-0.4, -0.2) is 42.6 Å². The number of sulfone groups is 1. The van der Waals surface area contributed by atoms with Crippen molar-refractivity contribution in [3.05, 3.63) is 54.1 Å². The molecule has 3 amide bonds. The lowest BCUT2D eigenvalue weighted by Crippen LogP contribution is -2.28. The van der Waals surface area contributed by atoms with Gasteiger partial charge in [-0.1, -0.05) is 17.2 Å². The summed E-state index contributed by atoms with van der Waals surface area (Å²) in [5, 5.41) is 9.99. The van der Waals surface area contributed by atoms with Gasteiger partial charge in [0.1, 0.15) is 0 Å². The first-order chi connectivity index (χ1) is 14.7. The van der Waals surface area contributed by atoms with E-state index in [4.69, 9.17) is 4.42 Å². The summed E-state index contributed by atoms with van der Waals surface area (Å²) in [5.74, 6) is -1.18. The van der Waals surface area contributed by atoms with Crippen LogP contribution in [0.3, 0.4) is 0 Å². The van der Waals surface area contributed by atoms with Crippen molar-refractivity contribution in [3.63, 3.8) is 0 Å². The lowest BCUT2D eigenvalue weighted by Gasteiger charge is -2.13. The van der Waals surface area contributed by atoms with Crippen molar-refractivity contribution < 1.29 is 27.2 Å². The largest absolute Gasteiger partial charge is 0.403 e. The number of amides is 3. The van der Waals surface area contributed by atoms with E-state index >= 15 is 0 Å². The second-order valence-corrected chi connectivity index (χ2v) is 8.79. The third kappa shape index (κ3) is 4.08. The topological polar surface area (TPSA) is 140 Å². The van der Waals surface area contributed by atoms with Gasteiger partial charge in [-0.25, -0.2) is 8.42 Å². The van der Waals surface area contributed by atoms with E-state index in [1.165, 1.54) is 36.4 Å². The van der Waals surface area contributed by atoms with E-state index < -0.39 is 15.7 Å². The second-order valence-electron chi connectivity index (χ2n) is 6.80. The number of hydrogen-bond donors (Lipinski definition) is 1. The van der Waals surface area contributed by atoms with Gasteiger partial charge in [0, 0.05) is 24.7 Å². The van der Waals surface area contributed by atoms with Crippen molar-refractivity contribution in [3.8, 4) is 11.5 Å². The minimum Gasteiger partial charge on any atom is -0.403 e. The summed E-state index contributed by atoms with van der Waals surface area (Å²) in [4.78, 5) is 37.2. The second kappa shape index (κ2) is 7.76. The van der Waals surface area contributed by atoms with Gasteiger partial charge in [-0.3, -0.25) is 24.6 Å². The smallest absolute Gasteiger partial charge is 0.322 e. The minimum absolute atomic E-state index is 0.0260. The summed E-state index contributed by atoms with van der Waals surface area (Å²) in [5.41, 5.74) is 0.850. The SMILES string of the molecule is CS(=O)(=O)c1ccccc1-c1nnc(NC(=O)c2ccc(N3C(=O)CCC3=O)cc2)o1. The molecule has 0 aliphatic carbocycles. The van der Waals surface area contributed by atoms with Gasteiger partial charge in [0.2, 0.25) is 11.8 Å². The highest BCUT2D eigenvalue weighted by Gasteiger charge is 2.30. The Hall–Kier alpha value is -3.86. The predicted molar refractivity (Wildman–Crippen MR) is 109 cm³/mol. The molecular formula is C20H16N4O6S. The van der Waals surface area contributed by atoms with Crippen LogP contribution in [-0.2, 0) is 19.4 Å². The molecule has 2 heterocycles. The number of aromatic nitrogens is 2. The molecule has 1 aliphatic rings. The number of carbonyl (C=O) groups excluding carboxylic acids is 3. The summed E-state index contributed by atoms with van der Waals surface area (Å²) in [6.45, 7) is 0. The van der Waals surface area contributed by atoms with Gasteiger partial charge in [-0.15, -0.1) is 5.10 Å². The van der Waals surface area contributed by atoms with Gasteiger partial charge < -0.3 is 4.42 Å². The zero-order valence-corrected chi connectivity index (χ0v) is 17.0. The maximum Gasteiger partial charge on any atom is 0.322 e. The van der Waals surface area contributed by atoms with Crippen molar-refractivity contribution in [2.75, 3.05) is 16.5 Å². The van der Waals surface area contributed by atoms with Crippen LogP contribution in [0, 0.1) is 0 Å². The van der Waals surface area contributed by atoms with Crippen LogP contribution in [0.5, 0.6) is 0 Å². The number of carbonyl (C=O) groups is 3. The molecule has 1 N–H and O–H groups in total. The van der Waals surface area contributed by atoms with Crippen molar-refractivity contribution >= 4 is 39.3 Å². The zero-order valence-electron chi connectivity index (χ0n) is 16.2. The van der Waals surface area contributed by atoms with Crippen LogP contribution < -0.4 is 10.2 Å². The van der Waals surface area contributed by atoms with Crippen molar-refractivity contribution in [2.24, 2.45) is 0 Å². The summed E-state index contributed by atoms with van der Waals surface area (Å²) >= 11 is 0. The quantitative estimate of drug-likeness (QED) is 0.595. The first-order valence-electron chi connectivity index (χ1n) is 9.14. The molecule has 1 fully saturated rings. The Labute approximate surface area is 176 Å². The summed E-state index contributed by atoms with van der Waals surface area (Å²) in [6.07, 6.45) is 1.41. The summed E-state index contributed by atoms with van der Waals surface area (Å²) < 4.78 is 29.3. The van der Waals surface area contributed by atoms with E-state index in [9.17, 15) is 22.8 Å². The average molecular weight is 440 g/mol. The Kier molecular flexibility index (Phi) is 5.11. The maximum atomic E-state index is 12.5. The predicted octanol–water partition coefficient (Wildman–Crippen LogP) is 2.05. The van der Waals surface area contributed by atoms with Crippen LogP contribution in [0.15, 0.2) is 57.8 Å². The highest BCUT2D eigenvalue weighted by molar-refractivity contribution is 7.90. The Bertz CT molecular complexity index is 1280. The number of anilines is 2. The third-order valence-electron chi connectivity index (χ3n) is 4.60. The van der Waals surface area contributed by atoms with Gasteiger partial charge in [-0.05, 0) is 36.4 Å². The summed E-state index contributed by atoms with van der Waals surface area (Å²) in [7, 11) is -3.52. The molecule has 158 valence electrons. The van der Waals surface area contributed by atoms with Crippen LogP contribution in [0.1, 0.15) is 23.2 Å². The molecule has 0 radical (unpaired) electrons. The number of benzene rings is 2. The minimum atomic E-state index is -3.52. The Morgan fingerprint density at radius 2 is 1.65 bits per heavy atom. The van der Waals surface area contributed by atoms with Gasteiger partial charge in [-0.2, -0.15) is 0 Å². The molecule has 0 spiro atoms. The highest BCUT2D eigenvalue weighted by Crippen LogP contribution is 2.27.